The highest BCUT2D eigenvalue weighted by Crippen LogP contribution is 2.42. The van der Waals surface area contributed by atoms with Crippen molar-refractivity contribution >= 4 is 11.6 Å². The van der Waals surface area contributed by atoms with Crippen molar-refractivity contribution in [1.29, 1.82) is 0 Å². The summed E-state index contributed by atoms with van der Waals surface area (Å²) in [5.41, 5.74) is -0.805. The number of ether oxygens (including phenoxy) is 1. The molecule has 1 atom stereocenters. The van der Waals surface area contributed by atoms with Crippen LogP contribution in [0.4, 0.5) is 32.0 Å². The maximum absolute atomic E-state index is 13.3. The summed E-state index contributed by atoms with van der Waals surface area (Å²) in [6.45, 7) is -1.91. The lowest BCUT2D eigenvalue weighted by molar-refractivity contribution is -0.141. The van der Waals surface area contributed by atoms with Gasteiger partial charge in [0, 0.05) is 17.7 Å². The van der Waals surface area contributed by atoms with Crippen molar-refractivity contribution in [2.75, 3.05) is 5.32 Å². The van der Waals surface area contributed by atoms with E-state index in [9.17, 15) is 31.1 Å². The van der Waals surface area contributed by atoms with Crippen LogP contribution in [0, 0.1) is 11.7 Å². The molecule has 1 aliphatic rings. The van der Waals surface area contributed by atoms with Crippen LogP contribution >= 0.6 is 0 Å². The molecular weight excluding hydrogens is 404 g/mol. The van der Waals surface area contributed by atoms with Gasteiger partial charge >= 0.3 is 12.8 Å². The van der Waals surface area contributed by atoms with E-state index in [-0.39, 0.29) is 18.2 Å². The standard InChI is InChI=1S/C18H17F6N3O2/c1-9(8-27-13(10-2-3-10)7-15(26-27)18(22,23)24)16(28)25-12-5-4-11(19)6-14(12)29-17(20)21/h4-7,9-10,17H,2-3,8H2,1H3,(H,25,28). The molecule has 2 aromatic rings. The molecule has 1 N–H and O–H groups in total. The van der Waals surface area contributed by atoms with Crippen LogP contribution in [0.25, 0.3) is 0 Å². The van der Waals surface area contributed by atoms with Crippen LogP contribution in [0.1, 0.15) is 37.1 Å². The number of amides is 1. The van der Waals surface area contributed by atoms with E-state index in [1.54, 1.807) is 0 Å². The fourth-order valence-electron chi connectivity index (χ4n) is 2.81. The number of alkyl halides is 5. The Labute approximate surface area is 161 Å². The van der Waals surface area contributed by atoms with Gasteiger partial charge in [0.05, 0.1) is 18.2 Å². The van der Waals surface area contributed by atoms with Gasteiger partial charge in [0.1, 0.15) is 5.82 Å². The highest BCUT2D eigenvalue weighted by Gasteiger charge is 2.38. The third kappa shape index (κ3) is 5.21. The predicted octanol–water partition coefficient (Wildman–Crippen LogP) is 4.79. The minimum atomic E-state index is -4.60. The summed E-state index contributed by atoms with van der Waals surface area (Å²) in [5.74, 6) is -2.94. The van der Waals surface area contributed by atoms with Crippen molar-refractivity contribution in [3.8, 4) is 5.75 Å². The van der Waals surface area contributed by atoms with E-state index < -0.39 is 41.9 Å². The van der Waals surface area contributed by atoms with Gasteiger partial charge in [-0.15, -0.1) is 0 Å². The van der Waals surface area contributed by atoms with Crippen LogP contribution in [0.3, 0.4) is 0 Å². The van der Waals surface area contributed by atoms with Gasteiger partial charge in [0.2, 0.25) is 5.91 Å². The summed E-state index contributed by atoms with van der Waals surface area (Å²) >= 11 is 0. The molecule has 1 unspecified atom stereocenters. The zero-order valence-corrected chi connectivity index (χ0v) is 15.1. The number of carbonyl (C=O) groups excluding carboxylic acids is 1. The fraction of sp³-hybridized carbons (Fsp3) is 0.444. The highest BCUT2D eigenvalue weighted by atomic mass is 19.4. The second-order valence-corrected chi connectivity index (χ2v) is 6.82. The maximum atomic E-state index is 13.3. The summed E-state index contributed by atoms with van der Waals surface area (Å²) in [6.07, 6.45) is -3.11. The van der Waals surface area contributed by atoms with Gasteiger partial charge in [-0.25, -0.2) is 4.39 Å². The number of carbonyl (C=O) groups is 1. The van der Waals surface area contributed by atoms with E-state index >= 15 is 0 Å². The molecule has 3 rings (SSSR count). The van der Waals surface area contributed by atoms with Crippen LogP contribution < -0.4 is 10.1 Å². The zero-order valence-electron chi connectivity index (χ0n) is 15.1. The normalized spacial score (nSPS) is 15.4. The predicted molar refractivity (Wildman–Crippen MR) is 90.0 cm³/mol. The Morgan fingerprint density at radius 1 is 1.31 bits per heavy atom. The molecule has 0 saturated heterocycles. The summed E-state index contributed by atoms with van der Waals surface area (Å²) in [5, 5.41) is 5.92. The topological polar surface area (TPSA) is 56.2 Å². The number of hydrogen-bond donors (Lipinski definition) is 1. The molecule has 1 fully saturated rings. The van der Waals surface area contributed by atoms with Gasteiger partial charge in [-0.05, 0) is 31.0 Å². The molecule has 11 heteroatoms. The first-order valence-electron chi connectivity index (χ1n) is 8.74. The lowest BCUT2D eigenvalue weighted by Gasteiger charge is -2.16. The van der Waals surface area contributed by atoms with Crippen LogP contribution in [0.15, 0.2) is 24.3 Å². The number of anilines is 1. The van der Waals surface area contributed by atoms with Crippen molar-refractivity contribution in [3.05, 3.63) is 41.5 Å². The highest BCUT2D eigenvalue weighted by molar-refractivity contribution is 5.93. The Morgan fingerprint density at radius 2 is 2.00 bits per heavy atom. The van der Waals surface area contributed by atoms with Gasteiger partial charge in [-0.3, -0.25) is 9.48 Å². The number of rotatable bonds is 7. The third-order valence-corrected chi connectivity index (χ3v) is 4.41. The Morgan fingerprint density at radius 3 is 2.59 bits per heavy atom. The molecule has 1 heterocycles. The van der Waals surface area contributed by atoms with Crippen LogP contribution in [-0.4, -0.2) is 22.3 Å². The smallest absolute Gasteiger partial charge is 0.432 e. The van der Waals surface area contributed by atoms with E-state index in [2.05, 4.69) is 15.2 Å². The SMILES string of the molecule is CC(Cn1nc(C(F)(F)F)cc1C1CC1)C(=O)Nc1ccc(F)cc1OC(F)F. The second kappa shape index (κ2) is 7.96. The van der Waals surface area contributed by atoms with Gasteiger partial charge in [-0.1, -0.05) is 6.92 Å². The average molecular weight is 421 g/mol. The molecule has 5 nitrogen and oxygen atoms in total. The Bertz CT molecular complexity index is 892. The van der Waals surface area contributed by atoms with Crippen molar-refractivity contribution < 1.29 is 35.9 Å². The minimum Gasteiger partial charge on any atom is -0.432 e. The van der Waals surface area contributed by atoms with Gasteiger partial charge in [0.15, 0.2) is 11.4 Å². The molecule has 1 aliphatic carbocycles. The van der Waals surface area contributed by atoms with Crippen molar-refractivity contribution in [2.45, 2.75) is 45.0 Å². The van der Waals surface area contributed by atoms with Gasteiger partial charge in [-0.2, -0.15) is 27.1 Å². The van der Waals surface area contributed by atoms with Crippen molar-refractivity contribution in [1.82, 2.24) is 9.78 Å². The van der Waals surface area contributed by atoms with E-state index in [1.807, 2.05) is 0 Å². The first kappa shape index (κ1) is 21.0. The lowest BCUT2D eigenvalue weighted by atomic mass is 10.1. The zero-order chi connectivity index (χ0) is 21.3. The molecule has 0 spiro atoms. The van der Waals surface area contributed by atoms with E-state index in [0.717, 1.165) is 35.7 Å². The van der Waals surface area contributed by atoms with Crippen molar-refractivity contribution in [3.63, 3.8) is 0 Å². The number of aromatic nitrogens is 2. The molecule has 0 aliphatic heterocycles. The monoisotopic (exact) mass is 421 g/mol. The molecule has 0 bridgehead atoms. The van der Waals surface area contributed by atoms with E-state index in [1.165, 1.54) is 6.92 Å². The Hall–Kier alpha value is -2.72. The molecule has 0 radical (unpaired) electrons. The number of halogens is 6. The Kier molecular flexibility index (Phi) is 5.76. The number of nitrogens with zero attached hydrogens (tertiary/aromatic N) is 2. The summed E-state index contributed by atoms with van der Waals surface area (Å²) in [7, 11) is 0. The first-order valence-corrected chi connectivity index (χ1v) is 8.74. The summed E-state index contributed by atoms with van der Waals surface area (Å²) < 4.78 is 82.5. The minimum absolute atomic E-state index is 0.0306. The van der Waals surface area contributed by atoms with E-state index in [0.29, 0.717) is 11.8 Å². The number of hydrogen-bond acceptors (Lipinski definition) is 3. The number of nitrogens with one attached hydrogen (secondary N) is 1. The second-order valence-electron chi connectivity index (χ2n) is 6.82. The molecule has 1 saturated carbocycles. The van der Waals surface area contributed by atoms with Crippen molar-refractivity contribution in [2.24, 2.45) is 5.92 Å². The molecule has 1 amide bonds. The molecule has 1 aromatic heterocycles. The van der Waals surface area contributed by atoms with Crippen LogP contribution in [-0.2, 0) is 17.5 Å². The molecular formula is C18H17F6N3O2. The third-order valence-electron chi connectivity index (χ3n) is 4.41. The largest absolute Gasteiger partial charge is 0.435 e. The summed E-state index contributed by atoms with van der Waals surface area (Å²) in [6, 6.07) is 3.69. The number of benzene rings is 1. The molecule has 158 valence electrons. The van der Waals surface area contributed by atoms with Gasteiger partial charge in [0.25, 0.3) is 0 Å². The first-order chi connectivity index (χ1) is 13.5. The molecule has 1 aromatic carbocycles. The van der Waals surface area contributed by atoms with Crippen LogP contribution in [0.5, 0.6) is 5.75 Å². The summed E-state index contributed by atoms with van der Waals surface area (Å²) in [4.78, 5) is 12.4. The maximum Gasteiger partial charge on any atom is 0.435 e. The van der Waals surface area contributed by atoms with E-state index in [4.69, 9.17) is 0 Å². The molecule has 29 heavy (non-hydrogen) atoms. The quantitative estimate of drug-likeness (QED) is 0.654. The van der Waals surface area contributed by atoms with Crippen LogP contribution in [0.2, 0.25) is 0 Å². The Balaban J connectivity index is 1.74. The lowest BCUT2D eigenvalue weighted by Crippen LogP contribution is -2.26. The fourth-order valence-corrected chi connectivity index (χ4v) is 2.81. The van der Waals surface area contributed by atoms with Gasteiger partial charge < -0.3 is 10.1 Å². The average Bonchev–Trinajstić information content (AvgIpc) is 3.36.